The fourth-order valence-corrected chi connectivity index (χ4v) is 5.39. The molecular weight excluding hydrogens is 460 g/mol. The highest BCUT2D eigenvalue weighted by Gasteiger charge is 2.47. The van der Waals surface area contributed by atoms with Crippen molar-refractivity contribution >= 4 is 11.8 Å². The van der Waals surface area contributed by atoms with E-state index in [4.69, 9.17) is 23.7 Å². The Morgan fingerprint density at radius 3 is 1.83 bits per heavy atom. The molecule has 0 saturated carbocycles. The third kappa shape index (κ3) is 6.94. The normalized spacial score (nSPS) is 28.0. The van der Waals surface area contributed by atoms with Gasteiger partial charge in [0.15, 0.2) is 0 Å². The highest BCUT2D eigenvalue weighted by molar-refractivity contribution is 7.99. The predicted molar refractivity (Wildman–Crippen MR) is 136 cm³/mol. The van der Waals surface area contributed by atoms with Crippen molar-refractivity contribution in [3.8, 4) is 0 Å². The molecule has 184 valence electrons. The third-order valence-corrected chi connectivity index (χ3v) is 7.33. The van der Waals surface area contributed by atoms with E-state index >= 15 is 0 Å². The molecule has 0 aliphatic carbocycles. The average Bonchev–Trinajstić information content (AvgIpc) is 3.73. The predicted octanol–water partition coefficient (Wildman–Crippen LogP) is 5.48. The molecule has 5 rings (SSSR count). The fraction of sp³-hybridized carbons (Fsp3) is 0.379. The Labute approximate surface area is 211 Å². The Hall–Kier alpha value is -2.19. The van der Waals surface area contributed by atoms with Crippen LogP contribution < -0.4 is 0 Å². The minimum atomic E-state index is -0.328. The molecule has 5 nitrogen and oxygen atoms in total. The molecule has 0 aromatic heterocycles. The molecule has 3 aromatic carbocycles. The summed E-state index contributed by atoms with van der Waals surface area (Å²) in [5, 5.41) is 0. The Bertz CT molecular complexity index is 1020. The molecule has 2 heterocycles. The van der Waals surface area contributed by atoms with Crippen molar-refractivity contribution in [2.45, 2.75) is 61.0 Å². The Morgan fingerprint density at radius 1 is 0.714 bits per heavy atom. The van der Waals surface area contributed by atoms with Gasteiger partial charge in [-0.2, -0.15) is 0 Å². The lowest BCUT2D eigenvalue weighted by atomic mass is 9.99. The number of hydrogen-bond acceptors (Lipinski definition) is 6. The Kier molecular flexibility index (Phi) is 8.52. The van der Waals surface area contributed by atoms with Crippen LogP contribution in [0.3, 0.4) is 0 Å². The summed E-state index contributed by atoms with van der Waals surface area (Å²) in [4.78, 5) is 1.13. The van der Waals surface area contributed by atoms with E-state index in [9.17, 15) is 0 Å². The van der Waals surface area contributed by atoms with Gasteiger partial charge in [0, 0.05) is 4.90 Å². The lowest BCUT2D eigenvalue weighted by molar-refractivity contribution is -0.240. The van der Waals surface area contributed by atoms with Crippen molar-refractivity contribution in [1.82, 2.24) is 0 Å². The van der Waals surface area contributed by atoms with Gasteiger partial charge >= 0.3 is 0 Å². The molecule has 0 spiro atoms. The van der Waals surface area contributed by atoms with Gasteiger partial charge in [-0.15, -0.1) is 0 Å². The summed E-state index contributed by atoms with van der Waals surface area (Å²) in [6.45, 7) is 4.29. The Morgan fingerprint density at radius 2 is 1.26 bits per heavy atom. The molecular formula is C29H32O5S. The van der Waals surface area contributed by atoms with Crippen molar-refractivity contribution < 1.29 is 23.7 Å². The van der Waals surface area contributed by atoms with Crippen LogP contribution in [0.1, 0.15) is 18.1 Å². The van der Waals surface area contributed by atoms with Gasteiger partial charge in [0.05, 0.1) is 32.5 Å². The zero-order valence-electron chi connectivity index (χ0n) is 19.9. The number of thioether (sulfide) groups is 1. The summed E-state index contributed by atoms with van der Waals surface area (Å²) >= 11 is 1.67. The molecule has 2 aliphatic heterocycles. The van der Waals surface area contributed by atoms with Crippen LogP contribution in [0, 0.1) is 0 Å². The lowest BCUT2D eigenvalue weighted by Gasteiger charge is -2.45. The van der Waals surface area contributed by atoms with E-state index in [1.165, 1.54) is 0 Å². The van der Waals surface area contributed by atoms with Crippen LogP contribution >= 0.6 is 11.8 Å². The molecule has 0 bridgehead atoms. The molecule has 0 radical (unpaired) electrons. The minimum Gasteiger partial charge on any atom is -0.371 e. The van der Waals surface area contributed by atoms with Gasteiger partial charge in [0.2, 0.25) is 0 Å². The first-order chi connectivity index (χ1) is 17.3. The van der Waals surface area contributed by atoms with Crippen molar-refractivity contribution in [3.05, 3.63) is 102 Å². The summed E-state index contributed by atoms with van der Waals surface area (Å²) in [7, 11) is 0. The maximum atomic E-state index is 6.59. The molecule has 0 N–H and O–H groups in total. The van der Waals surface area contributed by atoms with Crippen molar-refractivity contribution in [1.29, 1.82) is 0 Å². The molecule has 0 unspecified atom stereocenters. The van der Waals surface area contributed by atoms with Gasteiger partial charge in [-0.05, 0) is 30.2 Å². The van der Waals surface area contributed by atoms with Crippen molar-refractivity contribution in [2.75, 3.05) is 13.2 Å². The number of epoxide rings is 1. The highest BCUT2D eigenvalue weighted by Crippen LogP contribution is 2.38. The SMILES string of the molecule is C[C@H]1O[C@@H](Sc2ccccc2)[C@H](OCc2ccccc2)[C@@H](OCc2ccccc2)[C@@H]1OC[C@H]1CO1. The summed E-state index contributed by atoms with van der Waals surface area (Å²) in [6, 6.07) is 30.7. The Balaban J connectivity index is 1.39. The second kappa shape index (κ2) is 12.2. The molecule has 0 amide bonds. The van der Waals surface area contributed by atoms with Crippen LogP contribution in [0.2, 0.25) is 0 Å². The lowest BCUT2D eigenvalue weighted by Crippen LogP contribution is -2.58. The van der Waals surface area contributed by atoms with E-state index in [0.717, 1.165) is 22.6 Å². The van der Waals surface area contributed by atoms with Crippen LogP contribution in [-0.2, 0) is 36.9 Å². The number of hydrogen-bond donors (Lipinski definition) is 0. The van der Waals surface area contributed by atoms with E-state index in [-0.39, 0.29) is 36.0 Å². The zero-order valence-corrected chi connectivity index (χ0v) is 20.7. The summed E-state index contributed by atoms with van der Waals surface area (Å²) in [6.07, 6.45) is -0.895. The van der Waals surface area contributed by atoms with E-state index in [0.29, 0.717) is 19.8 Å². The summed E-state index contributed by atoms with van der Waals surface area (Å²) < 4.78 is 31.4. The van der Waals surface area contributed by atoms with Gasteiger partial charge in [-0.25, -0.2) is 0 Å². The van der Waals surface area contributed by atoms with Gasteiger partial charge < -0.3 is 23.7 Å². The molecule has 2 saturated heterocycles. The summed E-state index contributed by atoms with van der Waals surface area (Å²) in [5.41, 5.74) is 1.99. The van der Waals surface area contributed by atoms with Crippen LogP contribution in [0.25, 0.3) is 0 Å². The minimum absolute atomic E-state index is 0.160. The van der Waals surface area contributed by atoms with E-state index in [1.54, 1.807) is 11.8 Å². The van der Waals surface area contributed by atoms with Crippen LogP contribution in [-0.4, -0.2) is 49.2 Å². The number of benzene rings is 3. The first-order valence-electron chi connectivity index (χ1n) is 12.2. The molecule has 2 aliphatic rings. The van der Waals surface area contributed by atoms with Gasteiger partial charge in [0.1, 0.15) is 29.9 Å². The second-order valence-electron chi connectivity index (χ2n) is 8.92. The first kappa shape index (κ1) is 24.5. The largest absolute Gasteiger partial charge is 0.371 e. The third-order valence-electron chi connectivity index (χ3n) is 6.17. The summed E-state index contributed by atoms with van der Waals surface area (Å²) in [5.74, 6) is 0. The topological polar surface area (TPSA) is 49.5 Å². The second-order valence-corrected chi connectivity index (χ2v) is 10.1. The van der Waals surface area contributed by atoms with E-state index in [1.807, 2.05) is 54.6 Å². The average molecular weight is 493 g/mol. The highest BCUT2D eigenvalue weighted by atomic mass is 32.2. The van der Waals surface area contributed by atoms with E-state index in [2.05, 4.69) is 43.3 Å². The molecule has 3 aromatic rings. The number of ether oxygens (including phenoxy) is 5. The molecule has 6 atom stereocenters. The van der Waals surface area contributed by atoms with E-state index < -0.39 is 0 Å². The van der Waals surface area contributed by atoms with Crippen LogP contribution in [0.15, 0.2) is 95.9 Å². The van der Waals surface area contributed by atoms with Crippen molar-refractivity contribution in [2.24, 2.45) is 0 Å². The maximum Gasteiger partial charge on any atom is 0.136 e. The van der Waals surface area contributed by atoms with Crippen LogP contribution in [0.5, 0.6) is 0 Å². The van der Waals surface area contributed by atoms with Gasteiger partial charge in [-0.1, -0.05) is 90.6 Å². The van der Waals surface area contributed by atoms with Gasteiger partial charge in [0.25, 0.3) is 0 Å². The molecule has 6 heteroatoms. The zero-order chi connectivity index (χ0) is 23.9. The quantitative estimate of drug-likeness (QED) is 0.331. The maximum absolute atomic E-state index is 6.59. The fourth-order valence-electron chi connectivity index (χ4n) is 4.21. The number of rotatable bonds is 11. The smallest absolute Gasteiger partial charge is 0.136 e. The van der Waals surface area contributed by atoms with Crippen molar-refractivity contribution in [3.63, 3.8) is 0 Å². The monoisotopic (exact) mass is 492 g/mol. The first-order valence-corrected chi connectivity index (χ1v) is 13.1. The molecule has 35 heavy (non-hydrogen) atoms. The molecule has 2 fully saturated rings. The van der Waals surface area contributed by atoms with Gasteiger partial charge in [-0.3, -0.25) is 0 Å². The standard InChI is InChI=1S/C29H32O5S/c1-21-26(33-20-24-19-30-24)27(31-17-22-11-5-2-6-12-22)28(32-18-23-13-7-3-8-14-23)29(34-21)35-25-15-9-4-10-16-25/h2-16,21,24,26-29H,17-20H2,1H3/t21-,24-,26-,27+,28-,29+/m1/s1. The van der Waals surface area contributed by atoms with Crippen LogP contribution in [0.4, 0.5) is 0 Å².